The zero-order valence-corrected chi connectivity index (χ0v) is 10.7. The molecule has 1 amide bonds. The van der Waals surface area contributed by atoms with Crippen LogP contribution in [0, 0.1) is 0 Å². The Balaban J connectivity index is 0.000000557. The zero-order valence-electron chi connectivity index (χ0n) is 10.7. The Kier molecular flexibility index (Phi) is 6.23. The molecule has 1 aliphatic rings. The summed E-state index contributed by atoms with van der Waals surface area (Å²) < 4.78 is 8.97. The van der Waals surface area contributed by atoms with Crippen molar-refractivity contribution in [3.05, 3.63) is 0 Å². The van der Waals surface area contributed by atoms with E-state index in [2.05, 4.69) is 4.74 Å². The number of nitrogens with zero attached hydrogens (tertiary/aromatic N) is 1. The SMILES string of the molecule is CC(C)(C)OC(=O)N1CCC(=O)C1.COC=O. The van der Waals surface area contributed by atoms with Crippen molar-refractivity contribution >= 4 is 18.3 Å². The van der Waals surface area contributed by atoms with Gasteiger partial charge in [0.05, 0.1) is 13.7 Å². The summed E-state index contributed by atoms with van der Waals surface area (Å²) >= 11 is 0. The monoisotopic (exact) mass is 245 g/mol. The van der Waals surface area contributed by atoms with Crippen molar-refractivity contribution in [3.63, 3.8) is 0 Å². The van der Waals surface area contributed by atoms with Gasteiger partial charge in [0.2, 0.25) is 0 Å². The number of ketones is 1. The van der Waals surface area contributed by atoms with Gasteiger partial charge in [0.25, 0.3) is 6.47 Å². The lowest BCUT2D eigenvalue weighted by Crippen LogP contribution is -2.35. The number of likely N-dealkylation sites (tertiary alicyclic amines) is 1. The van der Waals surface area contributed by atoms with E-state index in [1.54, 1.807) is 0 Å². The molecule has 0 bridgehead atoms. The maximum atomic E-state index is 11.4. The number of carbonyl (C=O) groups excluding carboxylic acids is 3. The Bertz CT molecular complexity index is 282. The Morgan fingerprint density at radius 3 is 2.24 bits per heavy atom. The predicted molar refractivity (Wildman–Crippen MR) is 60.5 cm³/mol. The molecule has 98 valence electrons. The van der Waals surface area contributed by atoms with Crippen molar-refractivity contribution in [2.45, 2.75) is 32.8 Å². The summed E-state index contributed by atoms with van der Waals surface area (Å²) in [4.78, 5) is 32.6. The van der Waals surface area contributed by atoms with Gasteiger partial charge in [-0.25, -0.2) is 4.79 Å². The summed E-state index contributed by atoms with van der Waals surface area (Å²) in [5.74, 6) is 0.103. The fourth-order valence-electron chi connectivity index (χ4n) is 1.11. The lowest BCUT2D eigenvalue weighted by atomic mass is 10.2. The maximum Gasteiger partial charge on any atom is 0.410 e. The van der Waals surface area contributed by atoms with Gasteiger partial charge in [-0.2, -0.15) is 0 Å². The van der Waals surface area contributed by atoms with Crippen LogP contribution in [0.1, 0.15) is 27.2 Å². The summed E-state index contributed by atoms with van der Waals surface area (Å²) in [6.07, 6.45) is 0.0672. The second-order valence-electron chi connectivity index (χ2n) is 4.52. The molecule has 1 rings (SSSR count). The van der Waals surface area contributed by atoms with Crippen LogP contribution in [0.5, 0.6) is 0 Å². The summed E-state index contributed by atoms with van der Waals surface area (Å²) in [6, 6.07) is 0. The van der Waals surface area contributed by atoms with Crippen LogP contribution in [0.25, 0.3) is 0 Å². The number of hydrogen-bond donors (Lipinski definition) is 0. The minimum absolute atomic E-state index is 0.103. The van der Waals surface area contributed by atoms with Crippen LogP contribution >= 0.6 is 0 Å². The first-order valence-electron chi connectivity index (χ1n) is 5.26. The van der Waals surface area contributed by atoms with E-state index < -0.39 is 11.7 Å². The van der Waals surface area contributed by atoms with Gasteiger partial charge in [-0.1, -0.05) is 0 Å². The van der Waals surface area contributed by atoms with Crippen LogP contribution in [0.15, 0.2) is 0 Å². The highest BCUT2D eigenvalue weighted by Crippen LogP contribution is 2.12. The molecule has 1 fully saturated rings. The number of carbonyl (C=O) groups is 3. The van der Waals surface area contributed by atoms with E-state index in [0.29, 0.717) is 19.4 Å². The van der Waals surface area contributed by atoms with Gasteiger partial charge in [-0.15, -0.1) is 0 Å². The predicted octanol–water partition coefficient (Wildman–Crippen LogP) is 0.985. The van der Waals surface area contributed by atoms with Crippen molar-refractivity contribution in [2.75, 3.05) is 20.2 Å². The van der Waals surface area contributed by atoms with Gasteiger partial charge in [0.15, 0.2) is 5.78 Å². The fraction of sp³-hybridized carbons (Fsp3) is 0.727. The Morgan fingerprint density at radius 2 is 1.94 bits per heavy atom. The van der Waals surface area contributed by atoms with Crippen LogP contribution in [0.4, 0.5) is 4.79 Å². The Morgan fingerprint density at radius 1 is 1.41 bits per heavy atom. The van der Waals surface area contributed by atoms with E-state index in [0.717, 1.165) is 0 Å². The molecule has 0 saturated carbocycles. The summed E-state index contributed by atoms with van der Waals surface area (Å²) in [6.45, 7) is 6.50. The second kappa shape index (κ2) is 6.88. The first-order valence-corrected chi connectivity index (χ1v) is 5.26. The smallest absolute Gasteiger partial charge is 0.410 e. The molecule has 1 saturated heterocycles. The summed E-state index contributed by atoms with van der Waals surface area (Å²) in [5, 5.41) is 0. The zero-order chi connectivity index (χ0) is 13.5. The van der Waals surface area contributed by atoms with Crippen LogP contribution < -0.4 is 0 Å². The van der Waals surface area contributed by atoms with E-state index in [1.165, 1.54) is 12.0 Å². The number of amides is 1. The Labute approximate surface area is 101 Å². The molecule has 1 aliphatic heterocycles. The number of rotatable bonds is 1. The molecule has 17 heavy (non-hydrogen) atoms. The molecule has 0 aromatic rings. The van der Waals surface area contributed by atoms with Crippen LogP contribution in [-0.2, 0) is 19.1 Å². The Hall–Kier alpha value is -1.59. The van der Waals surface area contributed by atoms with Gasteiger partial charge < -0.3 is 14.4 Å². The molecule has 0 aromatic carbocycles. The number of methoxy groups -OCH3 is 1. The maximum absolute atomic E-state index is 11.4. The van der Waals surface area contributed by atoms with E-state index >= 15 is 0 Å². The van der Waals surface area contributed by atoms with E-state index in [1.807, 2.05) is 20.8 Å². The molecular formula is C11H19NO5. The molecule has 0 N–H and O–H groups in total. The first kappa shape index (κ1) is 15.4. The summed E-state index contributed by atoms with van der Waals surface area (Å²) in [5.41, 5.74) is -0.483. The largest absolute Gasteiger partial charge is 0.471 e. The number of Topliss-reactive ketones (excluding diaryl/α,β-unsaturated/α-hetero) is 1. The standard InChI is InChI=1S/C9H15NO3.C2H4O2/c1-9(2,3)13-8(12)10-5-4-7(11)6-10;1-4-2-3/h4-6H2,1-3H3;2H,1H3. The fourth-order valence-corrected chi connectivity index (χ4v) is 1.11. The van der Waals surface area contributed by atoms with Crippen LogP contribution in [-0.4, -0.2) is 49.0 Å². The minimum Gasteiger partial charge on any atom is -0.471 e. The average Bonchev–Trinajstić information content (AvgIpc) is 2.63. The lowest BCUT2D eigenvalue weighted by molar-refractivity contribution is -0.126. The van der Waals surface area contributed by atoms with E-state index in [9.17, 15) is 9.59 Å². The quantitative estimate of drug-likeness (QED) is 0.644. The molecule has 1 heterocycles. The van der Waals surface area contributed by atoms with Gasteiger partial charge in [0.1, 0.15) is 5.60 Å². The van der Waals surface area contributed by atoms with Crippen molar-refractivity contribution in [1.82, 2.24) is 4.90 Å². The normalized spacial score (nSPS) is 14.8. The highest BCUT2D eigenvalue weighted by Gasteiger charge is 2.27. The third kappa shape index (κ3) is 7.32. The number of hydrogen-bond acceptors (Lipinski definition) is 5. The van der Waals surface area contributed by atoms with E-state index in [4.69, 9.17) is 9.53 Å². The van der Waals surface area contributed by atoms with Gasteiger partial charge in [-0.3, -0.25) is 9.59 Å². The highest BCUT2D eigenvalue weighted by molar-refractivity contribution is 5.87. The van der Waals surface area contributed by atoms with Gasteiger partial charge in [0, 0.05) is 13.0 Å². The molecule has 0 unspecified atom stereocenters. The molecule has 6 nitrogen and oxygen atoms in total. The summed E-state index contributed by atoms with van der Waals surface area (Å²) in [7, 11) is 1.31. The molecule has 0 atom stereocenters. The van der Waals surface area contributed by atoms with Gasteiger partial charge in [-0.05, 0) is 20.8 Å². The van der Waals surface area contributed by atoms with Crippen molar-refractivity contribution < 1.29 is 23.9 Å². The van der Waals surface area contributed by atoms with Crippen molar-refractivity contribution in [1.29, 1.82) is 0 Å². The minimum atomic E-state index is -0.483. The third-order valence-electron chi connectivity index (χ3n) is 1.78. The van der Waals surface area contributed by atoms with Crippen LogP contribution in [0.3, 0.4) is 0 Å². The van der Waals surface area contributed by atoms with Crippen molar-refractivity contribution in [3.8, 4) is 0 Å². The van der Waals surface area contributed by atoms with Gasteiger partial charge >= 0.3 is 6.09 Å². The second-order valence-corrected chi connectivity index (χ2v) is 4.52. The number of ether oxygens (including phenoxy) is 2. The van der Waals surface area contributed by atoms with E-state index in [-0.39, 0.29) is 12.3 Å². The molecule has 0 radical (unpaired) electrons. The molecule has 0 aromatic heterocycles. The highest BCUT2D eigenvalue weighted by atomic mass is 16.6. The first-order chi connectivity index (χ1) is 7.80. The van der Waals surface area contributed by atoms with Crippen LogP contribution in [0.2, 0.25) is 0 Å². The molecular weight excluding hydrogens is 226 g/mol. The topological polar surface area (TPSA) is 72.9 Å². The average molecular weight is 245 g/mol. The molecule has 0 aliphatic carbocycles. The van der Waals surface area contributed by atoms with Crippen molar-refractivity contribution in [2.24, 2.45) is 0 Å². The lowest BCUT2D eigenvalue weighted by Gasteiger charge is -2.23. The molecule has 6 heteroatoms. The third-order valence-corrected chi connectivity index (χ3v) is 1.78. The molecule has 0 spiro atoms.